The minimum Gasteiger partial charge on any atom is -0.480 e. The number of aromatic nitrogens is 2. The zero-order chi connectivity index (χ0) is 14.8. The predicted molar refractivity (Wildman–Crippen MR) is 72.1 cm³/mol. The zero-order valence-corrected chi connectivity index (χ0v) is 11.9. The van der Waals surface area contributed by atoms with Gasteiger partial charge in [-0.25, -0.2) is 9.78 Å². The van der Waals surface area contributed by atoms with E-state index in [1.807, 2.05) is 25.7 Å². The number of carboxylic acid groups (broad SMARTS) is 1. The first-order valence-corrected chi connectivity index (χ1v) is 6.51. The van der Waals surface area contributed by atoms with Crippen molar-refractivity contribution in [2.45, 2.75) is 26.4 Å². The second kappa shape index (κ2) is 5.62. The second-order valence-corrected chi connectivity index (χ2v) is 5.03. The summed E-state index contributed by atoms with van der Waals surface area (Å²) in [6.45, 7) is 7.07. The van der Waals surface area contributed by atoms with Gasteiger partial charge < -0.3 is 19.5 Å². The van der Waals surface area contributed by atoms with Gasteiger partial charge in [-0.05, 0) is 20.8 Å². The van der Waals surface area contributed by atoms with Crippen LogP contribution >= 0.6 is 0 Å². The number of carboxylic acids is 1. The molecule has 1 aliphatic heterocycles. The molecule has 20 heavy (non-hydrogen) atoms. The van der Waals surface area contributed by atoms with Crippen LogP contribution in [0.3, 0.4) is 0 Å². The Morgan fingerprint density at radius 2 is 2.20 bits per heavy atom. The maximum atomic E-state index is 10.5. The summed E-state index contributed by atoms with van der Waals surface area (Å²) in [4.78, 5) is 21.1. The van der Waals surface area contributed by atoms with E-state index >= 15 is 0 Å². The monoisotopic (exact) mass is 281 g/mol. The van der Waals surface area contributed by atoms with Crippen molar-refractivity contribution in [3.05, 3.63) is 11.9 Å². The SMILES string of the molecule is CCOc1cc(N2CC(C)(OCC(=O)O)C2)nc(C)n1. The van der Waals surface area contributed by atoms with E-state index in [-0.39, 0.29) is 6.61 Å². The molecule has 1 aliphatic rings. The number of aryl methyl sites for hydroxylation is 1. The highest BCUT2D eigenvalue weighted by molar-refractivity contribution is 5.68. The zero-order valence-electron chi connectivity index (χ0n) is 11.9. The fourth-order valence-electron chi connectivity index (χ4n) is 2.16. The lowest BCUT2D eigenvalue weighted by Crippen LogP contribution is -2.62. The van der Waals surface area contributed by atoms with Crippen LogP contribution in [0.5, 0.6) is 5.88 Å². The van der Waals surface area contributed by atoms with Crippen molar-refractivity contribution < 1.29 is 19.4 Å². The van der Waals surface area contributed by atoms with Crippen molar-refractivity contribution >= 4 is 11.8 Å². The van der Waals surface area contributed by atoms with E-state index in [1.54, 1.807) is 6.07 Å². The average molecular weight is 281 g/mol. The molecule has 0 atom stereocenters. The van der Waals surface area contributed by atoms with E-state index in [2.05, 4.69) is 9.97 Å². The highest BCUT2D eigenvalue weighted by Gasteiger charge is 2.41. The highest BCUT2D eigenvalue weighted by atomic mass is 16.5. The predicted octanol–water partition coefficient (Wildman–Crippen LogP) is 0.864. The molecule has 7 heteroatoms. The summed E-state index contributed by atoms with van der Waals surface area (Å²) in [5.41, 5.74) is -0.441. The van der Waals surface area contributed by atoms with Gasteiger partial charge in [0, 0.05) is 19.2 Å². The fourth-order valence-corrected chi connectivity index (χ4v) is 2.16. The molecule has 0 bridgehead atoms. The number of ether oxygens (including phenoxy) is 2. The van der Waals surface area contributed by atoms with E-state index in [1.165, 1.54) is 0 Å². The second-order valence-electron chi connectivity index (χ2n) is 5.03. The molecule has 2 rings (SSSR count). The van der Waals surface area contributed by atoms with Gasteiger partial charge in [-0.15, -0.1) is 0 Å². The lowest BCUT2D eigenvalue weighted by atomic mass is 9.96. The third kappa shape index (κ3) is 3.36. The van der Waals surface area contributed by atoms with Gasteiger partial charge in [0.05, 0.1) is 6.61 Å². The number of hydrogen-bond donors (Lipinski definition) is 1. The molecule has 1 fully saturated rings. The molecule has 1 aromatic heterocycles. The number of aliphatic carboxylic acids is 1. The average Bonchev–Trinajstić information content (AvgIpc) is 2.32. The first-order valence-electron chi connectivity index (χ1n) is 6.51. The van der Waals surface area contributed by atoms with E-state index < -0.39 is 11.6 Å². The largest absolute Gasteiger partial charge is 0.480 e. The van der Waals surface area contributed by atoms with Crippen LogP contribution in [-0.2, 0) is 9.53 Å². The van der Waals surface area contributed by atoms with Gasteiger partial charge in [0.2, 0.25) is 5.88 Å². The minimum atomic E-state index is -0.957. The summed E-state index contributed by atoms with van der Waals surface area (Å²) in [6.07, 6.45) is 0. The van der Waals surface area contributed by atoms with Crippen LogP contribution in [0, 0.1) is 6.92 Å². The van der Waals surface area contributed by atoms with Gasteiger partial charge in [0.25, 0.3) is 0 Å². The van der Waals surface area contributed by atoms with Crippen LogP contribution < -0.4 is 9.64 Å². The van der Waals surface area contributed by atoms with Crippen molar-refractivity contribution in [3.63, 3.8) is 0 Å². The Morgan fingerprint density at radius 1 is 1.50 bits per heavy atom. The number of rotatable bonds is 6. The standard InChI is InChI=1S/C13H19N3O4/c1-4-19-11-5-10(14-9(2)15-11)16-7-13(3,8-16)20-6-12(17)18/h5H,4,6-8H2,1-3H3,(H,17,18). The molecule has 1 saturated heterocycles. The van der Waals surface area contributed by atoms with Gasteiger partial charge in [-0.3, -0.25) is 0 Å². The van der Waals surface area contributed by atoms with E-state index in [0.29, 0.717) is 31.4 Å². The van der Waals surface area contributed by atoms with Crippen LogP contribution in [0.4, 0.5) is 5.82 Å². The number of carbonyl (C=O) groups is 1. The molecular formula is C13H19N3O4. The summed E-state index contributed by atoms with van der Waals surface area (Å²) >= 11 is 0. The van der Waals surface area contributed by atoms with Crippen molar-refractivity contribution in [3.8, 4) is 5.88 Å². The van der Waals surface area contributed by atoms with E-state index in [9.17, 15) is 4.79 Å². The summed E-state index contributed by atoms with van der Waals surface area (Å²) in [7, 11) is 0. The van der Waals surface area contributed by atoms with Gasteiger partial charge in [-0.1, -0.05) is 0 Å². The van der Waals surface area contributed by atoms with Crippen LogP contribution in [0.15, 0.2) is 6.07 Å². The highest BCUT2D eigenvalue weighted by Crippen LogP contribution is 2.30. The van der Waals surface area contributed by atoms with Crippen molar-refractivity contribution in [2.75, 3.05) is 31.2 Å². The smallest absolute Gasteiger partial charge is 0.329 e. The summed E-state index contributed by atoms with van der Waals surface area (Å²) in [5.74, 6) is 1.01. The Kier molecular flexibility index (Phi) is 4.08. The van der Waals surface area contributed by atoms with Crippen LogP contribution in [0.2, 0.25) is 0 Å². The van der Waals surface area contributed by atoms with Crippen molar-refractivity contribution in [1.82, 2.24) is 9.97 Å². The summed E-state index contributed by atoms with van der Waals surface area (Å²) < 4.78 is 10.8. The topological polar surface area (TPSA) is 84.8 Å². The van der Waals surface area contributed by atoms with Gasteiger partial charge >= 0.3 is 5.97 Å². The van der Waals surface area contributed by atoms with E-state index in [0.717, 1.165) is 5.82 Å². The lowest BCUT2D eigenvalue weighted by molar-refractivity contribution is -0.150. The molecule has 0 aromatic carbocycles. The van der Waals surface area contributed by atoms with Crippen LogP contribution in [0.1, 0.15) is 19.7 Å². The van der Waals surface area contributed by atoms with Gasteiger partial charge in [0.15, 0.2) is 0 Å². The Labute approximate surface area is 117 Å². The van der Waals surface area contributed by atoms with Crippen molar-refractivity contribution in [1.29, 1.82) is 0 Å². The molecule has 1 N–H and O–H groups in total. The maximum Gasteiger partial charge on any atom is 0.329 e. The minimum absolute atomic E-state index is 0.280. The van der Waals surface area contributed by atoms with Crippen LogP contribution in [0.25, 0.3) is 0 Å². The first-order chi connectivity index (χ1) is 9.42. The quantitative estimate of drug-likeness (QED) is 0.827. The molecule has 0 unspecified atom stereocenters. The molecule has 110 valence electrons. The first kappa shape index (κ1) is 14.5. The third-order valence-corrected chi connectivity index (χ3v) is 3.01. The summed E-state index contributed by atoms with van der Waals surface area (Å²) in [5, 5.41) is 8.64. The Hall–Kier alpha value is -1.89. The Bertz CT molecular complexity index is 500. The molecule has 0 spiro atoms. The lowest BCUT2D eigenvalue weighted by Gasteiger charge is -2.47. The normalized spacial score (nSPS) is 16.6. The molecule has 0 radical (unpaired) electrons. The molecule has 1 aromatic rings. The molecule has 2 heterocycles. The third-order valence-electron chi connectivity index (χ3n) is 3.01. The Balaban J connectivity index is 1.99. The molecular weight excluding hydrogens is 262 g/mol. The van der Waals surface area contributed by atoms with E-state index in [4.69, 9.17) is 14.6 Å². The number of anilines is 1. The van der Waals surface area contributed by atoms with Gasteiger partial charge in [-0.2, -0.15) is 4.98 Å². The molecule has 7 nitrogen and oxygen atoms in total. The Morgan fingerprint density at radius 3 is 2.80 bits per heavy atom. The molecule has 0 saturated carbocycles. The fraction of sp³-hybridized carbons (Fsp3) is 0.615. The summed E-state index contributed by atoms with van der Waals surface area (Å²) in [6, 6.07) is 1.78. The molecule has 0 aliphatic carbocycles. The number of nitrogens with zero attached hydrogens (tertiary/aromatic N) is 3. The maximum absolute atomic E-state index is 10.5. The molecule has 0 amide bonds. The number of hydrogen-bond acceptors (Lipinski definition) is 6. The van der Waals surface area contributed by atoms with Crippen LogP contribution in [-0.4, -0.2) is 52.9 Å². The van der Waals surface area contributed by atoms with Crippen molar-refractivity contribution in [2.24, 2.45) is 0 Å². The van der Waals surface area contributed by atoms with Gasteiger partial charge in [0.1, 0.15) is 23.9 Å².